The molecule has 1 amide bonds. The first-order chi connectivity index (χ1) is 9.29. The minimum atomic E-state index is 0.0260. The van der Waals surface area contributed by atoms with Crippen LogP contribution in [-0.4, -0.2) is 18.6 Å². The minimum absolute atomic E-state index is 0.0260. The van der Waals surface area contributed by atoms with Gasteiger partial charge in [0.15, 0.2) is 0 Å². The lowest BCUT2D eigenvalue weighted by molar-refractivity contribution is -0.116. The standard InChI is InChI=1S/C15H22N2O2/c16-11-12-5-1-2-8-14(12)17-15(18)9-4-10-19-13-6-3-7-13/h1-2,5,8,13H,3-4,6-7,9-11,16H2,(H,17,18). The molecule has 3 N–H and O–H groups in total. The average Bonchev–Trinajstić information content (AvgIpc) is 2.37. The lowest BCUT2D eigenvalue weighted by atomic mass is 9.96. The molecule has 0 aliphatic heterocycles. The number of para-hydroxylation sites is 1. The van der Waals surface area contributed by atoms with Crippen molar-refractivity contribution in [2.24, 2.45) is 5.73 Å². The predicted molar refractivity (Wildman–Crippen MR) is 75.8 cm³/mol. The molecule has 1 aliphatic carbocycles. The van der Waals surface area contributed by atoms with E-state index < -0.39 is 0 Å². The molecule has 1 saturated carbocycles. The van der Waals surface area contributed by atoms with Crippen molar-refractivity contribution in [1.29, 1.82) is 0 Å². The zero-order chi connectivity index (χ0) is 13.5. The predicted octanol–water partition coefficient (Wildman–Crippen LogP) is 2.43. The molecule has 1 fully saturated rings. The number of benzene rings is 1. The van der Waals surface area contributed by atoms with Gasteiger partial charge in [-0.15, -0.1) is 0 Å². The van der Waals surface area contributed by atoms with Crippen LogP contribution in [0.3, 0.4) is 0 Å². The highest BCUT2D eigenvalue weighted by Gasteiger charge is 2.17. The Kier molecular flexibility index (Phi) is 5.36. The van der Waals surface area contributed by atoms with Crippen molar-refractivity contribution in [3.63, 3.8) is 0 Å². The molecule has 0 unspecified atom stereocenters. The van der Waals surface area contributed by atoms with Crippen molar-refractivity contribution < 1.29 is 9.53 Å². The van der Waals surface area contributed by atoms with E-state index in [0.717, 1.165) is 17.7 Å². The summed E-state index contributed by atoms with van der Waals surface area (Å²) in [5, 5.41) is 2.90. The number of ether oxygens (including phenoxy) is 1. The Bertz CT molecular complexity index is 416. The van der Waals surface area contributed by atoms with Gasteiger partial charge in [-0.05, 0) is 37.3 Å². The van der Waals surface area contributed by atoms with Crippen LogP contribution in [0.25, 0.3) is 0 Å². The van der Waals surface area contributed by atoms with E-state index in [4.69, 9.17) is 10.5 Å². The second kappa shape index (κ2) is 7.26. The van der Waals surface area contributed by atoms with Crippen molar-refractivity contribution >= 4 is 11.6 Å². The molecule has 4 nitrogen and oxygen atoms in total. The summed E-state index contributed by atoms with van der Waals surface area (Å²) in [6.07, 6.45) is 5.34. The highest BCUT2D eigenvalue weighted by molar-refractivity contribution is 5.91. The maximum Gasteiger partial charge on any atom is 0.224 e. The normalized spacial score (nSPS) is 15.0. The number of nitrogens with two attached hydrogens (primary N) is 1. The Morgan fingerprint density at radius 2 is 2.16 bits per heavy atom. The van der Waals surface area contributed by atoms with Crippen LogP contribution in [0.15, 0.2) is 24.3 Å². The van der Waals surface area contributed by atoms with E-state index in [1.807, 2.05) is 24.3 Å². The third-order valence-corrected chi connectivity index (χ3v) is 3.47. The third kappa shape index (κ3) is 4.33. The van der Waals surface area contributed by atoms with E-state index in [1.54, 1.807) is 0 Å². The van der Waals surface area contributed by atoms with E-state index in [2.05, 4.69) is 5.32 Å². The molecule has 0 heterocycles. The van der Waals surface area contributed by atoms with Gasteiger partial charge in [-0.3, -0.25) is 4.79 Å². The summed E-state index contributed by atoms with van der Waals surface area (Å²) in [7, 11) is 0. The number of nitrogens with one attached hydrogen (secondary N) is 1. The summed E-state index contributed by atoms with van der Waals surface area (Å²) in [5.41, 5.74) is 7.41. The number of anilines is 1. The molecule has 2 rings (SSSR count). The van der Waals surface area contributed by atoms with Crippen LogP contribution in [0, 0.1) is 0 Å². The van der Waals surface area contributed by atoms with Gasteiger partial charge in [0.05, 0.1) is 6.10 Å². The van der Waals surface area contributed by atoms with Crippen molar-refractivity contribution in [3.05, 3.63) is 29.8 Å². The van der Waals surface area contributed by atoms with Crippen LogP contribution in [0.5, 0.6) is 0 Å². The lowest BCUT2D eigenvalue weighted by Gasteiger charge is -2.25. The summed E-state index contributed by atoms with van der Waals surface area (Å²) in [6.45, 7) is 1.11. The van der Waals surface area contributed by atoms with Gasteiger partial charge < -0.3 is 15.8 Å². The molecule has 1 aliphatic rings. The molecule has 0 bridgehead atoms. The number of hydrogen-bond acceptors (Lipinski definition) is 3. The molecule has 1 aromatic carbocycles. The molecule has 4 heteroatoms. The second-order valence-electron chi connectivity index (χ2n) is 4.94. The fourth-order valence-electron chi connectivity index (χ4n) is 2.05. The fourth-order valence-corrected chi connectivity index (χ4v) is 2.05. The Hall–Kier alpha value is -1.39. The number of carbonyl (C=O) groups is 1. The maximum absolute atomic E-state index is 11.8. The van der Waals surface area contributed by atoms with E-state index in [0.29, 0.717) is 25.7 Å². The van der Waals surface area contributed by atoms with Gasteiger partial charge in [0.25, 0.3) is 0 Å². The van der Waals surface area contributed by atoms with E-state index in [-0.39, 0.29) is 5.91 Å². The minimum Gasteiger partial charge on any atom is -0.378 e. The Labute approximate surface area is 114 Å². The van der Waals surface area contributed by atoms with Gasteiger partial charge in [0.1, 0.15) is 0 Å². The monoisotopic (exact) mass is 262 g/mol. The first-order valence-electron chi connectivity index (χ1n) is 6.99. The van der Waals surface area contributed by atoms with Crippen molar-refractivity contribution in [3.8, 4) is 0 Å². The Balaban J connectivity index is 1.68. The molecule has 0 atom stereocenters. The number of hydrogen-bond donors (Lipinski definition) is 2. The van der Waals surface area contributed by atoms with Gasteiger partial charge in [0, 0.05) is 25.3 Å². The topological polar surface area (TPSA) is 64.3 Å². The molecular formula is C15H22N2O2. The van der Waals surface area contributed by atoms with Crippen LogP contribution in [0.2, 0.25) is 0 Å². The van der Waals surface area contributed by atoms with Gasteiger partial charge in [-0.25, -0.2) is 0 Å². The van der Waals surface area contributed by atoms with Crippen LogP contribution in [0.4, 0.5) is 5.69 Å². The van der Waals surface area contributed by atoms with Crippen LogP contribution < -0.4 is 11.1 Å². The van der Waals surface area contributed by atoms with Crippen molar-refractivity contribution in [1.82, 2.24) is 0 Å². The van der Waals surface area contributed by atoms with E-state index in [1.165, 1.54) is 19.3 Å². The van der Waals surface area contributed by atoms with Crippen LogP contribution in [-0.2, 0) is 16.1 Å². The fraction of sp³-hybridized carbons (Fsp3) is 0.533. The summed E-state index contributed by atoms with van der Waals surface area (Å²) >= 11 is 0. The first kappa shape index (κ1) is 14.0. The number of amides is 1. The maximum atomic E-state index is 11.8. The number of rotatable bonds is 7. The molecule has 19 heavy (non-hydrogen) atoms. The van der Waals surface area contributed by atoms with Gasteiger partial charge in [0.2, 0.25) is 5.91 Å². The Morgan fingerprint density at radius 1 is 1.37 bits per heavy atom. The van der Waals surface area contributed by atoms with Crippen LogP contribution >= 0.6 is 0 Å². The summed E-state index contributed by atoms with van der Waals surface area (Å²) < 4.78 is 5.62. The summed E-state index contributed by atoms with van der Waals surface area (Å²) in [6, 6.07) is 7.62. The van der Waals surface area contributed by atoms with Gasteiger partial charge in [-0.1, -0.05) is 18.2 Å². The zero-order valence-corrected chi connectivity index (χ0v) is 11.2. The van der Waals surface area contributed by atoms with Crippen LogP contribution in [0.1, 0.15) is 37.7 Å². The highest BCUT2D eigenvalue weighted by Crippen LogP contribution is 2.22. The Morgan fingerprint density at radius 3 is 2.84 bits per heavy atom. The molecule has 104 valence electrons. The smallest absolute Gasteiger partial charge is 0.224 e. The molecule has 0 radical (unpaired) electrons. The number of carbonyl (C=O) groups excluding carboxylic acids is 1. The largest absolute Gasteiger partial charge is 0.378 e. The molecule has 0 saturated heterocycles. The molecule has 0 spiro atoms. The third-order valence-electron chi connectivity index (χ3n) is 3.47. The van der Waals surface area contributed by atoms with Gasteiger partial charge in [-0.2, -0.15) is 0 Å². The van der Waals surface area contributed by atoms with E-state index in [9.17, 15) is 4.79 Å². The van der Waals surface area contributed by atoms with E-state index >= 15 is 0 Å². The van der Waals surface area contributed by atoms with Crippen molar-refractivity contribution in [2.45, 2.75) is 44.8 Å². The highest BCUT2D eigenvalue weighted by atomic mass is 16.5. The molecule has 0 aromatic heterocycles. The SMILES string of the molecule is NCc1ccccc1NC(=O)CCCOC1CCC1. The summed E-state index contributed by atoms with van der Waals surface area (Å²) in [5.74, 6) is 0.0260. The second-order valence-corrected chi connectivity index (χ2v) is 4.94. The zero-order valence-electron chi connectivity index (χ0n) is 11.2. The quantitative estimate of drug-likeness (QED) is 0.742. The van der Waals surface area contributed by atoms with Gasteiger partial charge >= 0.3 is 0 Å². The molecular weight excluding hydrogens is 240 g/mol. The molecule has 1 aromatic rings. The average molecular weight is 262 g/mol. The van der Waals surface area contributed by atoms with Crippen molar-refractivity contribution in [2.75, 3.05) is 11.9 Å². The lowest BCUT2D eigenvalue weighted by Crippen LogP contribution is -2.22. The first-order valence-corrected chi connectivity index (χ1v) is 6.99. The summed E-state index contributed by atoms with van der Waals surface area (Å²) in [4.78, 5) is 11.8.